The molecule has 0 aromatic carbocycles. The summed E-state index contributed by atoms with van der Waals surface area (Å²) in [7, 11) is 0. The van der Waals surface area contributed by atoms with Crippen LogP contribution in [0.5, 0.6) is 0 Å². The first kappa shape index (κ1) is 9.89. The van der Waals surface area contributed by atoms with E-state index in [1.54, 1.807) is 0 Å². The molecule has 0 rings (SSSR count). The summed E-state index contributed by atoms with van der Waals surface area (Å²) in [6.07, 6.45) is 1.02. The SMILES string of the molecule is CC(C)(F)C(=O)OCC#CF. The minimum Gasteiger partial charge on any atom is -0.450 e. The molecule has 0 heterocycles. The number of carbonyl (C=O) groups excluding carboxylic acids is 1. The highest BCUT2D eigenvalue weighted by Gasteiger charge is 2.27. The maximum atomic E-state index is 12.6. The monoisotopic (exact) mass is 162 g/mol. The molecule has 0 atom stereocenters. The lowest BCUT2D eigenvalue weighted by Gasteiger charge is -2.10. The summed E-state index contributed by atoms with van der Waals surface area (Å²) in [5.41, 5.74) is -2.04. The molecule has 0 amide bonds. The van der Waals surface area contributed by atoms with Gasteiger partial charge in [-0.15, -0.1) is 4.39 Å². The number of alkyl halides is 1. The Balaban J connectivity index is 3.77. The second-order valence-corrected chi connectivity index (χ2v) is 2.32. The predicted molar refractivity (Wildman–Crippen MR) is 35.0 cm³/mol. The zero-order chi connectivity index (χ0) is 8.91. The Morgan fingerprint density at radius 1 is 1.64 bits per heavy atom. The highest BCUT2D eigenvalue weighted by molar-refractivity contribution is 5.78. The van der Waals surface area contributed by atoms with Crippen molar-refractivity contribution in [1.29, 1.82) is 0 Å². The smallest absolute Gasteiger partial charge is 0.344 e. The molecule has 0 aliphatic rings. The summed E-state index contributed by atoms with van der Waals surface area (Å²) in [5.74, 6) is 0.783. The van der Waals surface area contributed by atoms with Crippen LogP contribution in [0, 0.1) is 12.1 Å². The molecule has 0 saturated carbocycles. The number of rotatable bonds is 2. The Hall–Kier alpha value is -1.11. The first-order valence-corrected chi connectivity index (χ1v) is 2.93. The molecule has 4 heteroatoms. The molecule has 0 spiro atoms. The summed E-state index contributed by atoms with van der Waals surface area (Å²) < 4.78 is 27.9. The van der Waals surface area contributed by atoms with Gasteiger partial charge in [-0.2, -0.15) is 0 Å². The fourth-order valence-corrected chi connectivity index (χ4v) is 0.301. The summed E-state index contributed by atoms with van der Waals surface area (Å²) in [6.45, 7) is 1.69. The molecule has 2 nitrogen and oxygen atoms in total. The number of ether oxygens (including phenoxy) is 1. The van der Waals surface area contributed by atoms with Gasteiger partial charge in [0.1, 0.15) is 6.17 Å². The van der Waals surface area contributed by atoms with Crippen LogP contribution in [-0.4, -0.2) is 18.2 Å². The first-order valence-electron chi connectivity index (χ1n) is 2.93. The van der Waals surface area contributed by atoms with Crippen LogP contribution in [-0.2, 0) is 9.53 Å². The third kappa shape index (κ3) is 4.31. The van der Waals surface area contributed by atoms with Crippen molar-refractivity contribution in [1.82, 2.24) is 0 Å². The molecule has 0 unspecified atom stereocenters. The lowest BCUT2D eigenvalue weighted by molar-refractivity contribution is -0.153. The molecular formula is C7H8F2O2. The van der Waals surface area contributed by atoms with Gasteiger partial charge in [-0.05, 0) is 19.8 Å². The van der Waals surface area contributed by atoms with Gasteiger partial charge >= 0.3 is 5.97 Å². The molecule has 0 aliphatic carbocycles. The van der Waals surface area contributed by atoms with Crippen LogP contribution in [0.25, 0.3) is 0 Å². The largest absolute Gasteiger partial charge is 0.450 e. The molecule has 62 valence electrons. The standard InChI is InChI=1S/C7H8F2O2/c1-7(2,9)6(10)11-5-3-4-8/h5H2,1-2H3. The van der Waals surface area contributed by atoms with Crippen LogP contribution < -0.4 is 0 Å². The predicted octanol–water partition coefficient (Wildman–Crippen LogP) is 1.21. The zero-order valence-corrected chi connectivity index (χ0v) is 6.28. The number of carbonyl (C=O) groups is 1. The van der Waals surface area contributed by atoms with Crippen molar-refractivity contribution in [2.24, 2.45) is 0 Å². The fourth-order valence-electron chi connectivity index (χ4n) is 0.301. The lowest BCUT2D eigenvalue weighted by atomic mass is 10.2. The Labute approximate surface area is 63.5 Å². The third-order valence-corrected chi connectivity index (χ3v) is 0.828. The van der Waals surface area contributed by atoms with E-state index in [0.29, 0.717) is 0 Å². The van der Waals surface area contributed by atoms with E-state index in [-0.39, 0.29) is 0 Å². The average Bonchev–Trinajstić information content (AvgIpc) is 1.86. The van der Waals surface area contributed by atoms with Crippen molar-refractivity contribution in [3.05, 3.63) is 0 Å². The van der Waals surface area contributed by atoms with E-state index in [1.807, 2.05) is 5.92 Å². The molecule has 0 radical (unpaired) electrons. The molecule has 0 aromatic rings. The summed E-state index contributed by atoms with van der Waals surface area (Å²) in [5, 5.41) is 0. The van der Waals surface area contributed by atoms with Gasteiger partial charge < -0.3 is 4.74 Å². The van der Waals surface area contributed by atoms with E-state index >= 15 is 0 Å². The zero-order valence-electron chi connectivity index (χ0n) is 6.28. The normalized spacial score (nSPS) is 9.82. The van der Waals surface area contributed by atoms with Crippen LogP contribution >= 0.6 is 0 Å². The maximum Gasteiger partial charge on any atom is 0.344 e. The first-order chi connectivity index (χ1) is 4.98. The van der Waals surface area contributed by atoms with Gasteiger partial charge in [0.05, 0.1) is 0 Å². The van der Waals surface area contributed by atoms with E-state index in [0.717, 1.165) is 20.0 Å². The highest BCUT2D eigenvalue weighted by Crippen LogP contribution is 2.09. The molecular weight excluding hydrogens is 154 g/mol. The van der Waals surface area contributed by atoms with Crippen LogP contribution in [0.15, 0.2) is 0 Å². The van der Waals surface area contributed by atoms with Gasteiger partial charge in [-0.25, -0.2) is 9.18 Å². The van der Waals surface area contributed by atoms with Crippen molar-refractivity contribution >= 4 is 5.97 Å². The van der Waals surface area contributed by atoms with E-state index in [4.69, 9.17) is 0 Å². The van der Waals surface area contributed by atoms with Crippen LogP contribution in [0.4, 0.5) is 8.78 Å². The van der Waals surface area contributed by atoms with Gasteiger partial charge in [0.2, 0.25) is 5.67 Å². The second-order valence-electron chi connectivity index (χ2n) is 2.32. The van der Waals surface area contributed by atoms with Gasteiger partial charge in [-0.1, -0.05) is 0 Å². The number of esters is 1. The maximum absolute atomic E-state index is 12.6. The minimum absolute atomic E-state index is 0.414. The molecule has 11 heavy (non-hydrogen) atoms. The minimum atomic E-state index is -2.04. The molecule has 0 saturated heterocycles. The Morgan fingerprint density at radius 3 is 2.55 bits per heavy atom. The van der Waals surface area contributed by atoms with Crippen LogP contribution in [0.2, 0.25) is 0 Å². The van der Waals surface area contributed by atoms with E-state index in [9.17, 15) is 13.6 Å². The van der Waals surface area contributed by atoms with Gasteiger partial charge in [-0.3, -0.25) is 0 Å². The third-order valence-electron chi connectivity index (χ3n) is 0.828. The van der Waals surface area contributed by atoms with E-state index in [2.05, 4.69) is 4.74 Å². The average molecular weight is 162 g/mol. The van der Waals surface area contributed by atoms with Crippen LogP contribution in [0.3, 0.4) is 0 Å². The Kier molecular flexibility index (Phi) is 3.52. The van der Waals surface area contributed by atoms with Gasteiger partial charge in [0.25, 0.3) is 0 Å². The summed E-state index contributed by atoms with van der Waals surface area (Å²) >= 11 is 0. The number of hydrogen-bond donors (Lipinski definition) is 0. The van der Waals surface area contributed by atoms with Gasteiger partial charge in [0.15, 0.2) is 6.61 Å². The van der Waals surface area contributed by atoms with Crippen molar-refractivity contribution in [3.63, 3.8) is 0 Å². The molecule has 0 aliphatic heterocycles. The highest BCUT2D eigenvalue weighted by atomic mass is 19.1. The van der Waals surface area contributed by atoms with Crippen molar-refractivity contribution in [2.75, 3.05) is 6.61 Å². The molecule has 0 aromatic heterocycles. The Bertz CT molecular complexity index is 195. The molecule has 0 fully saturated rings. The molecule has 0 bridgehead atoms. The van der Waals surface area contributed by atoms with E-state index < -0.39 is 18.2 Å². The lowest BCUT2D eigenvalue weighted by Crippen LogP contribution is -2.28. The van der Waals surface area contributed by atoms with Gasteiger partial charge in [0, 0.05) is 0 Å². The summed E-state index contributed by atoms with van der Waals surface area (Å²) in [4.78, 5) is 10.6. The Morgan fingerprint density at radius 2 is 2.18 bits per heavy atom. The fraction of sp³-hybridized carbons (Fsp3) is 0.571. The van der Waals surface area contributed by atoms with Crippen molar-refractivity contribution in [2.45, 2.75) is 19.5 Å². The summed E-state index contributed by atoms with van der Waals surface area (Å²) in [6, 6.07) is 0. The van der Waals surface area contributed by atoms with Crippen LogP contribution in [0.1, 0.15) is 13.8 Å². The van der Waals surface area contributed by atoms with E-state index in [1.165, 1.54) is 0 Å². The topological polar surface area (TPSA) is 26.3 Å². The second kappa shape index (κ2) is 3.91. The number of halogens is 2. The number of hydrogen-bond acceptors (Lipinski definition) is 2. The molecule has 0 N–H and O–H groups in total. The van der Waals surface area contributed by atoms with Crippen molar-refractivity contribution in [3.8, 4) is 12.1 Å². The van der Waals surface area contributed by atoms with Crippen molar-refractivity contribution < 1.29 is 18.3 Å². The quantitative estimate of drug-likeness (QED) is 0.450.